The topological polar surface area (TPSA) is 73.5 Å². The van der Waals surface area contributed by atoms with Crippen LogP contribution in [0, 0.1) is 0 Å². The van der Waals surface area contributed by atoms with E-state index in [9.17, 15) is 9.59 Å². The van der Waals surface area contributed by atoms with Gasteiger partial charge < -0.3 is 10.2 Å². The minimum absolute atomic E-state index is 0.124. The highest BCUT2D eigenvalue weighted by Crippen LogP contribution is 2.21. The number of hydrazine groups is 1. The fourth-order valence-corrected chi connectivity index (χ4v) is 2.85. The molecule has 7 heteroatoms. The van der Waals surface area contributed by atoms with Crippen molar-refractivity contribution in [2.75, 3.05) is 11.4 Å². The van der Waals surface area contributed by atoms with Gasteiger partial charge in [0.1, 0.15) is 0 Å². The molecular weight excluding hydrogens is 348 g/mol. The first kappa shape index (κ1) is 17.9. The second-order valence-electron chi connectivity index (χ2n) is 5.94. The Bertz CT molecular complexity index is 793. The summed E-state index contributed by atoms with van der Waals surface area (Å²) in [5, 5.41) is 3.35. The van der Waals surface area contributed by atoms with Crippen LogP contribution in [0.3, 0.4) is 0 Å². The molecule has 0 aliphatic carbocycles. The standard InChI is InChI=1S/C19H20N4O2S/c24-17-7-4-12-23(17)16-10-8-15(9-11-16)18(25)21-22-19(26)20-13-14-5-2-1-3-6-14/h1-3,5-6,8-11H,4,7,12-13H2,(H,21,25)(H2,20,22,26). The zero-order valence-electron chi connectivity index (χ0n) is 14.2. The van der Waals surface area contributed by atoms with Gasteiger partial charge in [-0.05, 0) is 48.5 Å². The Kier molecular flexibility index (Phi) is 5.80. The van der Waals surface area contributed by atoms with Crippen LogP contribution in [0.4, 0.5) is 5.69 Å². The summed E-state index contributed by atoms with van der Waals surface area (Å²) in [6.07, 6.45) is 1.46. The summed E-state index contributed by atoms with van der Waals surface area (Å²) >= 11 is 5.15. The number of rotatable bonds is 4. The molecule has 0 saturated carbocycles. The average molecular weight is 368 g/mol. The zero-order chi connectivity index (χ0) is 18.4. The molecule has 1 fully saturated rings. The number of anilines is 1. The third-order valence-electron chi connectivity index (χ3n) is 4.10. The summed E-state index contributed by atoms with van der Waals surface area (Å²) in [6.45, 7) is 1.30. The number of carbonyl (C=O) groups is 2. The number of carbonyl (C=O) groups excluding carboxylic acids is 2. The van der Waals surface area contributed by atoms with E-state index in [0.717, 1.165) is 24.2 Å². The van der Waals surface area contributed by atoms with E-state index in [1.807, 2.05) is 30.3 Å². The maximum absolute atomic E-state index is 12.2. The van der Waals surface area contributed by atoms with Crippen LogP contribution in [0.25, 0.3) is 0 Å². The molecule has 3 rings (SSSR count). The normalized spacial score (nSPS) is 13.4. The van der Waals surface area contributed by atoms with Crippen LogP contribution in [0.1, 0.15) is 28.8 Å². The predicted molar refractivity (Wildman–Crippen MR) is 105 cm³/mol. The van der Waals surface area contributed by atoms with Gasteiger partial charge in [-0.1, -0.05) is 30.3 Å². The van der Waals surface area contributed by atoms with Crippen molar-refractivity contribution >= 4 is 34.8 Å². The van der Waals surface area contributed by atoms with Gasteiger partial charge >= 0.3 is 0 Å². The molecule has 0 unspecified atom stereocenters. The van der Waals surface area contributed by atoms with Crippen molar-refractivity contribution in [3.63, 3.8) is 0 Å². The number of thiocarbonyl (C=S) groups is 1. The van der Waals surface area contributed by atoms with Gasteiger partial charge in [-0.3, -0.25) is 20.4 Å². The lowest BCUT2D eigenvalue weighted by molar-refractivity contribution is -0.117. The van der Waals surface area contributed by atoms with E-state index in [0.29, 0.717) is 23.6 Å². The van der Waals surface area contributed by atoms with Crippen LogP contribution in [-0.2, 0) is 11.3 Å². The third-order valence-corrected chi connectivity index (χ3v) is 4.35. The smallest absolute Gasteiger partial charge is 0.269 e. The minimum atomic E-state index is -0.298. The Balaban J connectivity index is 1.47. The quantitative estimate of drug-likeness (QED) is 0.570. The number of hydrogen-bond acceptors (Lipinski definition) is 3. The highest BCUT2D eigenvalue weighted by atomic mass is 32.1. The first-order valence-electron chi connectivity index (χ1n) is 8.42. The molecule has 26 heavy (non-hydrogen) atoms. The van der Waals surface area contributed by atoms with Crippen molar-refractivity contribution in [1.29, 1.82) is 0 Å². The van der Waals surface area contributed by atoms with Crippen LogP contribution in [0.15, 0.2) is 54.6 Å². The third kappa shape index (κ3) is 4.58. The van der Waals surface area contributed by atoms with Crippen molar-refractivity contribution < 1.29 is 9.59 Å². The lowest BCUT2D eigenvalue weighted by Crippen LogP contribution is -2.46. The van der Waals surface area contributed by atoms with Gasteiger partial charge in [0.2, 0.25) is 5.91 Å². The van der Waals surface area contributed by atoms with Gasteiger partial charge in [0.25, 0.3) is 5.91 Å². The summed E-state index contributed by atoms with van der Waals surface area (Å²) in [4.78, 5) is 25.7. The molecule has 6 nitrogen and oxygen atoms in total. The molecule has 3 N–H and O–H groups in total. The molecule has 0 radical (unpaired) electrons. The Morgan fingerprint density at radius 2 is 1.77 bits per heavy atom. The van der Waals surface area contributed by atoms with Gasteiger partial charge in [0.15, 0.2) is 5.11 Å². The molecule has 2 aromatic carbocycles. The van der Waals surface area contributed by atoms with Crippen molar-refractivity contribution in [3.05, 3.63) is 65.7 Å². The average Bonchev–Trinajstić information content (AvgIpc) is 3.11. The SMILES string of the molecule is O=C(NNC(=S)NCc1ccccc1)c1ccc(N2CCCC2=O)cc1. The molecule has 1 aliphatic rings. The van der Waals surface area contributed by atoms with Crippen LogP contribution < -0.4 is 21.1 Å². The molecule has 1 heterocycles. The van der Waals surface area contributed by atoms with Crippen molar-refractivity contribution in [1.82, 2.24) is 16.2 Å². The maximum atomic E-state index is 12.2. The van der Waals surface area contributed by atoms with Gasteiger partial charge in [0.05, 0.1) is 0 Å². The molecule has 1 saturated heterocycles. The molecule has 2 amide bonds. The van der Waals surface area contributed by atoms with E-state index in [2.05, 4.69) is 16.2 Å². The molecule has 0 spiro atoms. The maximum Gasteiger partial charge on any atom is 0.269 e. The van der Waals surface area contributed by atoms with E-state index in [-0.39, 0.29) is 11.8 Å². The Morgan fingerprint density at radius 3 is 2.42 bits per heavy atom. The lowest BCUT2D eigenvalue weighted by atomic mass is 10.2. The molecule has 2 aromatic rings. The first-order chi connectivity index (χ1) is 12.6. The fraction of sp³-hybridized carbons (Fsp3) is 0.211. The number of benzene rings is 2. The number of nitrogens with one attached hydrogen (secondary N) is 3. The van der Waals surface area contributed by atoms with Crippen LogP contribution in [-0.4, -0.2) is 23.5 Å². The van der Waals surface area contributed by atoms with Crippen molar-refractivity contribution in [2.24, 2.45) is 0 Å². The van der Waals surface area contributed by atoms with Crippen LogP contribution in [0.5, 0.6) is 0 Å². The summed E-state index contributed by atoms with van der Waals surface area (Å²) in [5.74, 6) is -0.174. The van der Waals surface area contributed by atoms with E-state index in [4.69, 9.17) is 12.2 Å². The molecule has 1 aliphatic heterocycles. The van der Waals surface area contributed by atoms with Crippen LogP contribution in [0.2, 0.25) is 0 Å². The summed E-state index contributed by atoms with van der Waals surface area (Å²) in [7, 11) is 0. The molecule has 0 atom stereocenters. The van der Waals surface area contributed by atoms with Crippen LogP contribution >= 0.6 is 12.2 Å². The van der Waals surface area contributed by atoms with Gasteiger partial charge in [-0.2, -0.15) is 0 Å². The summed E-state index contributed by atoms with van der Waals surface area (Å²) in [5.41, 5.74) is 7.64. The van der Waals surface area contributed by atoms with Gasteiger partial charge in [-0.15, -0.1) is 0 Å². The minimum Gasteiger partial charge on any atom is -0.357 e. The number of hydrogen-bond donors (Lipinski definition) is 3. The van der Waals surface area contributed by atoms with E-state index in [1.165, 1.54) is 0 Å². The predicted octanol–water partition coefficient (Wildman–Crippen LogP) is 2.12. The number of nitrogens with zero attached hydrogens (tertiary/aromatic N) is 1. The van der Waals surface area contributed by atoms with Gasteiger partial charge in [0, 0.05) is 30.8 Å². The van der Waals surface area contributed by atoms with E-state index in [1.54, 1.807) is 29.2 Å². The zero-order valence-corrected chi connectivity index (χ0v) is 15.0. The highest BCUT2D eigenvalue weighted by Gasteiger charge is 2.21. The molecule has 0 aromatic heterocycles. The van der Waals surface area contributed by atoms with E-state index < -0.39 is 0 Å². The molecular formula is C19H20N4O2S. The van der Waals surface area contributed by atoms with Crippen molar-refractivity contribution in [2.45, 2.75) is 19.4 Å². The molecule has 0 bridgehead atoms. The summed E-state index contributed by atoms with van der Waals surface area (Å²) in [6, 6.07) is 16.8. The monoisotopic (exact) mass is 368 g/mol. The van der Waals surface area contributed by atoms with E-state index >= 15 is 0 Å². The lowest BCUT2D eigenvalue weighted by Gasteiger charge is -2.16. The second kappa shape index (κ2) is 8.44. The fourth-order valence-electron chi connectivity index (χ4n) is 2.72. The largest absolute Gasteiger partial charge is 0.357 e. The summed E-state index contributed by atoms with van der Waals surface area (Å²) < 4.78 is 0. The number of amides is 2. The second-order valence-corrected chi connectivity index (χ2v) is 6.35. The Morgan fingerprint density at radius 1 is 1.04 bits per heavy atom. The Hall–Kier alpha value is -2.93. The first-order valence-corrected chi connectivity index (χ1v) is 8.83. The molecule has 134 valence electrons. The highest BCUT2D eigenvalue weighted by molar-refractivity contribution is 7.80. The Labute approximate surface area is 157 Å². The van der Waals surface area contributed by atoms with Crippen molar-refractivity contribution in [3.8, 4) is 0 Å². The van der Waals surface area contributed by atoms with Gasteiger partial charge in [-0.25, -0.2) is 0 Å².